The molecule has 0 aromatic heterocycles. The number of carbonyl (C=O) groups excluding carboxylic acids is 1. The highest BCUT2D eigenvalue weighted by molar-refractivity contribution is 5.74. The number of benzene rings is 1. The van der Waals surface area contributed by atoms with Gasteiger partial charge in [0.25, 0.3) is 0 Å². The zero-order valence-corrected chi connectivity index (χ0v) is 15.2. The van der Waals surface area contributed by atoms with Crippen LogP contribution in [0.2, 0.25) is 0 Å². The molecule has 2 amide bonds. The molecule has 2 saturated heterocycles. The van der Waals surface area contributed by atoms with Gasteiger partial charge in [-0.3, -0.25) is 0 Å². The average molecular weight is 347 g/mol. The summed E-state index contributed by atoms with van der Waals surface area (Å²) in [7, 11) is 1.81. The maximum absolute atomic E-state index is 12.4. The summed E-state index contributed by atoms with van der Waals surface area (Å²) >= 11 is 0. The first-order valence-corrected chi connectivity index (χ1v) is 9.14. The van der Waals surface area contributed by atoms with Crippen LogP contribution in [-0.4, -0.2) is 69.6 Å². The van der Waals surface area contributed by atoms with E-state index in [0.29, 0.717) is 26.4 Å². The first-order chi connectivity index (χ1) is 12.1. The van der Waals surface area contributed by atoms with Crippen LogP contribution in [0.1, 0.15) is 18.4 Å². The number of hydrogen-bond acceptors (Lipinski definition) is 4. The third-order valence-electron chi connectivity index (χ3n) is 4.90. The van der Waals surface area contributed by atoms with Crippen LogP contribution in [0.4, 0.5) is 10.5 Å². The Hall–Kier alpha value is -1.79. The third-order valence-corrected chi connectivity index (χ3v) is 4.90. The van der Waals surface area contributed by atoms with Crippen LogP contribution in [0, 0.1) is 6.92 Å². The molecule has 6 nitrogen and oxygen atoms in total. The van der Waals surface area contributed by atoms with Gasteiger partial charge in [0.1, 0.15) is 0 Å². The second-order valence-electron chi connectivity index (χ2n) is 7.00. The van der Waals surface area contributed by atoms with Gasteiger partial charge in [-0.1, -0.05) is 12.1 Å². The number of carbonyl (C=O) groups is 1. The van der Waals surface area contributed by atoms with Gasteiger partial charge in [-0.25, -0.2) is 4.79 Å². The molecule has 0 spiro atoms. The number of rotatable bonds is 4. The lowest BCUT2D eigenvalue weighted by Crippen LogP contribution is -2.50. The number of amides is 2. The summed E-state index contributed by atoms with van der Waals surface area (Å²) in [6, 6.07) is 8.81. The standard InChI is InChI=1S/C19H29N3O3/c1-15-4-3-5-17(12-15)22-8-6-16(7-9-22)20-19(23)21(2)13-18-14-24-10-11-25-18/h3-5,12,16,18H,6-11,13-14H2,1-2H3,(H,20,23)/t18-/m1/s1. The zero-order chi connectivity index (χ0) is 17.6. The fraction of sp³-hybridized carbons (Fsp3) is 0.632. The Morgan fingerprint density at radius 2 is 2.12 bits per heavy atom. The lowest BCUT2D eigenvalue weighted by atomic mass is 10.0. The second kappa shape index (κ2) is 8.54. The predicted molar refractivity (Wildman–Crippen MR) is 98.1 cm³/mol. The summed E-state index contributed by atoms with van der Waals surface area (Å²) in [5.41, 5.74) is 2.56. The molecule has 0 aliphatic carbocycles. The maximum atomic E-state index is 12.4. The molecule has 0 radical (unpaired) electrons. The van der Waals surface area contributed by atoms with Gasteiger partial charge in [0, 0.05) is 31.9 Å². The quantitative estimate of drug-likeness (QED) is 0.905. The average Bonchev–Trinajstić information content (AvgIpc) is 2.63. The van der Waals surface area contributed by atoms with Crippen LogP contribution in [0.3, 0.4) is 0 Å². The number of aryl methyl sites for hydroxylation is 1. The molecule has 0 saturated carbocycles. The number of ether oxygens (including phenoxy) is 2. The van der Waals surface area contributed by atoms with E-state index in [0.717, 1.165) is 25.9 Å². The van der Waals surface area contributed by atoms with E-state index in [9.17, 15) is 4.79 Å². The van der Waals surface area contributed by atoms with E-state index in [1.54, 1.807) is 4.90 Å². The van der Waals surface area contributed by atoms with Crippen LogP contribution in [0.25, 0.3) is 0 Å². The Morgan fingerprint density at radius 3 is 2.80 bits per heavy atom. The van der Waals surface area contributed by atoms with Gasteiger partial charge in [-0.2, -0.15) is 0 Å². The van der Waals surface area contributed by atoms with Crippen molar-refractivity contribution in [1.29, 1.82) is 0 Å². The minimum absolute atomic E-state index is 0.0207. The first kappa shape index (κ1) is 18.0. The van der Waals surface area contributed by atoms with Crippen molar-refractivity contribution in [2.24, 2.45) is 0 Å². The van der Waals surface area contributed by atoms with Gasteiger partial charge in [-0.05, 0) is 37.5 Å². The Morgan fingerprint density at radius 1 is 1.32 bits per heavy atom. The number of nitrogens with zero attached hydrogens (tertiary/aromatic N) is 2. The molecule has 2 fully saturated rings. The van der Waals surface area contributed by atoms with Gasteiger partial charge in [0.05, 0.1) is 32.5 Å². The summed E-state index contributed by atoms with van der Waals surface area (Å²) in [5.74, 6) is 0. The minimum Gasteiger partial charge on any atom is -0.376 e. The predicted octanol–water partition coefficient (Wildman–Crippen LogP) is 2.02. The molecule has 0 unspecified atom stereocenters. The number of urea groups is 1. The van der Waals surface area contributed by atoms with E-state index in [4.69, 9.17) is 9.47 Å². The van der Waals surface area contributed by atoms with Gasteiger partial charge in [0.2, 0.25) is 0 Å². The fourth-order valence-electron chi connectivity index (χ4n) is 3.42. The van der Waals surface area contributed by atoms with Crippen molar-refractivity contribution in [2.75, 3.05) is 51.4 Å². The van der Waals surface area contributed by atoms with Crippen LogP contribution < -0.4 is 10.2 Å². The topological polar surface area (TPSA) is 54.0 Å². The minimum atomic E-state index is -0.0248. The molecular weight excluding hydrogens is 318 g/mol. The van der Waals surface area contributed by atoms with E-state index in [1.165, 1.54) is 11.3 Å². The van der Waals surface area contributed by atoms with Crippen molar-refractivity contribution >= 4 is 11.7 Å². The summed E-state index contributed by atoms with van der Waals surface area (Å²) in [6.45, 7) is 6.44. The molecule has 6 heteroatoms. The molecule has 0 bridgehead atoms. The molecule has 3 rings (SSSR count). The monoisotopic (exact) mass is 347 g/mol. The maximum Gasteiger partial charge on any atom is 0.317 e. The number of piperidine rings is 1. The van der Waals surface area contributed by atoms with E-state index in [1.807, 2.05) is 7.05 Å². The molecule has 2 aliphatic rings. The molecule has 2 heterocycles. The largest absolute Gasteiger partial charge is 0.376 e. The van der Waals surface area contributed by atoms with Crippen molar-refractivity contribution in [3.05, 3.63) is 29.8 Å². The number of nitrogens with one attached hydrogen (secondary N) is 1. The Labute approximate surface area is 150 Å². The summed E-state index contributed by atoms with van der Waals surface area (Å²) < 4.78 is 11.0. The van der Waals surface area contributed by atoms with E-state index >= 15 is 0 Å². The Balaban J connectivity index is 1.42. The van der Waals surface area contributed by atoms with E-state index in [-0.39, 0.29) is 18.2 Å². The van der Waals surface area contributed by atoms with Crippen molar-refractivity contribution in [1.82, 2.24) is 10.2 Å². The summed E-state index contributed by atoms with van der Waals surface area (Å²) in [4.78, 5) is 16.5. The van der Waals surface area contributed by atoms with Crippen molar-refractivity contribution in [3.8, 4) is 0 Å². The number of anilines is 1. The fourth-order valence-corrected chi connectivity index (χ4v) is 3.42. The molecule has 138 valence electrons. The van der Waals surface area contributed by atoms with E-state index < -0.39 is 0 Å². The molecule has 1 aromatic carbocycles. The van der Waals surface area contributed by atoms with Gasteiger partial charge in [-0.15, -0.1) is 0 Å². The van der Waals surface area contributed by atoms with Gasteiger partial charge >= 0.3 is 6.03 Å². The smallest absolute Gasteiger partial charge is 0.317 e. The van der Waals surface area contributed by atoms with Gasteiger partial charge in [0.15, 0.2) is 0 Å². The van der Waals surface area contributed by atoms with Crippen molar-refractivity contribution in [3.63, 3.8) is 0 Å². The van der Waals surface area contributed by atoms with Crippen molar-refractivity contribution in [2.45, 2.75) is 31.9 Å². The molecule has 1 aromatic rings. The second-order valence-corrected chi connectivity index (χ2v) is 7.00. The third kappa shape index (κ3) is 5.09. The van der Waals surface area contributed by atoms with Crippen LogP contribution in [-0.2, 0) is 9.47 Å². The Bertz CT molecular complexity index is 567. The normalized spacial score (nSPS) is 21.8. The highest BCUT2D eigenvalue weighted by atomic mass is 16.6. The van der Waals surface area contributed by atoms with Crippen LogP contribution >= 0.6 is 0 Å². The SMILES string of the molecule is Cc1cccc(N2CCC(NC(=O)N(C)C[C@@H]3COCCO3)CC2)c1. The first-order valence-electron chi connectivity index (χ1n) is 9.14. The van der Waals surface area contributed by atoms with Crippen LogP contribution in [0.5, 0.6) is 0 Å². The van der Waals surface area contributed by atoms with E-state index in [2.05, 4.69) is 41.4 Å². The number of likely N-dealkylation sites (N-methyl/N-ethyl adjacent to an activating group) is 1. The molecule has 1 atom stereocenters. The summed E-state index contributed by atoms with van der Waals surface area (Å²) in [6.07, 6.45) is 1.92. The highest BCUT2D eigenvalue weighted by Crippen LogP contribution is 2.21. The van der Waals surface area contributed by atoms with Gasteiger partial charge < -0.3 is 24.6 Å². The lowest BCUT2D eigenvalue weighted by molar-refractivity contribution is -0.0928. The molecule has 1 N–H and O–H groups in total. The number of hydrogen-bond donors (Lipinski definition) is 1. The zero-order valence-electron chi connectivity index (χ0n) is 15.2. The van der Waals surface area contributed by atoms with Crippen LogP contribution in [0.15, 0.2) is 24.3 Å². The lowest BCUT2D eigenvalue weighted by Gasteiger charge is -2.35. The molecular formula is C19H29N3O3. The molecule has 25 heavy (non-hydrogen) atoms. The highest BCUT2D eigenvalue weighted by Gasteiger charge is 2.24. The Kier molecular flexibility index (Phi) is 6.15. The molecule has 2 aliphatic heterocycles. The summed E-state index contributed by atoms with van der Waals surface area (Å²) in [5, 5.41) is 3.16. The van der Waals surface area contributed by atoms with Crippen molar-refractivity contribution < 1.29 is 14.3 Å².